The lowest BCUT2D eigenvalue weighted by atomic mass is 9.83. The topological polar surface area (TPSA) is 79.6 Å². The highest BCUT2D eigenvalue weighted by molar-refractivity contribution is 5.76. The van der Waals surface area contributed by atoms with Crippen LogP contribution >= 0.6 is 0 Å². The van der Waals surface area contributed by atoms with Gasteiger partial charge in [0, 0.05) is 25.1 Å². The van der Waals surface area contributed by atoms with Crippen molar-refractivity contribution in [3.8, 4) is 0 Å². The van der Waals surface area contributed by atoms with Crippen molar-refractivity contribution in [2.45, 2.75) is 17.9 Å². The van der Waals surface area contributed by atoms with Gasteiger partial charge >= 0.3 is 5.92 Å². The predicted octanol–water partition coefficient (Wildman–Crippen LogP) is 3.19. The number of hydrogen-bond donors (Lipinski definition) is 2. The number of aromatic amines is 1. The Hall–Kier alpha value is -3.27. The SMILES string of the molecule is Cn1c(C(F)(F)C(O)(Cc2ncn[nH]2)c2ccc(F)cc2F)nc2ccccc21. The summed E-state index contributed by atoms with van der Waals surface area (Å²) in [6.45, 7) is 0. The van der Waals surface area contributed by atoms with Crippen LogP contribution in [-0.4, -0.2) is 29.8 Å². The zero-order valence-electron chi connectivity index (χ0n) is 15.1. The third kappa shape index (κ3) is 2.96. The third-order valence-corrected chi connectivity index (χ3v) is 4.85. The van der Waals surface area contributed by atoms with Crippen LogP contribution in [-0.2, 0) is 25.0 Å². The Balaban J connectivity index is 1.94. The quantitative estimate of drug-likeness (QED) is 0.500. The van der Waals surface area contributed by atoms with Crippen molar-refractivity contribution >= 4 is 11.0 Å². The molecule has 0 spiro atoms. The van der Waals surface area contributed by atoms with Crippen molar-refractivity contribution in [1.29, 1.82) is 0 Å². The van der Waals surface area contributed by atoms with E-state index in [9.17, 15) is 13.9 Å². The molecule has 4 rings (SSSR count). The van der Waals surface area contributed by atoms with Crippen LogP contribution in [0.5, 0.6) is 0 Å². The number of aryl methyl sites for hydroxylation is 1. The molecule has 0 fully saturated rings. The molecular weight excluding hydrogens is 390 g/mol. The second kappa shape index (κ2) is 6.66. The molecule has 2 heterocycles. The number of hydrogen-bond acceptors (Lipinski definition) is 4. The molecule has 2 aromatic heterocycles. The maximum Gasteiger partial charge on any atom is 0.337 e. The van der Waals surface area contributed by atoms with E-state index in [0.29, 0.717) is 11.6 Å². The standard InChI is InChI=1S/C19H15F4N5O/c1-28-15-5-3-2-4-14(15)26-17(28)19(22,23)18(29,9-16-24-10-25-27-16)12-7-6-11(20)8-13(12)21/h2-8,10,29H,9H2,1H3,(H,24,25,27). The molecule has 0 amide bonds. The van der Waals surface area contributed by atoms with Crippen molar-refractivity contribution in [2.24, 2.45) is 7.05 Å². The van der Waals surface area contributed by atoms with Gasteiger partial charge in [0.2, 0.25) is 0 Å². The number of para-hydroxylation sites is 2. The Labute approximate surface area is 161 Å². The molecule has 0 saturated carbocycles. The second-order valence-corrected chi connectivity index (χ2v) is 6.65. The van der Waals surface area contributed by atoms with Crippen LogP contribution in [0.25, 0.3) is 11.0 Å². The van der Waals surface area contributed by atoms with Crippen molar-refractivity contribution < 1.29 is 22.7 Å². The van der Waals surface area contributed by atoms with Gasteiger partial charge < -0.3 is 9.67 Å². The average molecular weight is 405 g/mol. The molecule has 2 aromatic carbocycles. The molecule has 0 aliphatic heterocycles. The molecule has 10 heteroatoms. The number of H-pyrrole nitrogens is 1. The number of aromatic nitrogens is 5. The number of halogens is 4. The zero-order chi connectivity index (χ0) is 20.8. The van der Waals surface area contributed by atoms with Gasteiger partial charge in [-0.3, -0.25) is 5.10 Å². The summed E-state index contributed by atoms with van der Waals surface area (Å²) in [5, 5.41) is 17.2. The minimum absolute atomic E-state index is 0.102. The number of aliphatic hydroxyl groups is 1. The molecule has 6 nitrogen and oxygen atoms in total. The minimum Gasteiger partial charge on any atom is -0.378 e. The molecule has 0 saturated heterocycles. The van der Waals surface area contributed by atoms with E-state index in [4.69, 9.17) is 0 Å². The molecule has 0 bridgehead atoms. The van der Waals surface area contributed by atoms with Crippen molar-refractivity contribution in [2.75, 3.05) is 0 Å². The van der Waals surface area contributed by atoms with Gasteiger partial charge in [0.15, 0.2) is 11.4 Å². The Morgan fingerprint density at radius 3 is 2.55 bits per heavy atom. The average Bonchev–Trinajstić information content (AvgIpc) is 3.30. The van der Waals surface area contributed by atoms with Crippen LogP contribution in [0, 0.1) is 11.6 Å². The predicted molar refractivity (Wildman–Crippen MR) is 94.9 cm³/mol. The molecule has 29 heavy (non-hydrogen) atoms. The summed E-state index contributed by atoms with van der Waals surface area (Å²) < 4.78 is 60.6. The number of alkyl halides is 2. The molecule has 0 radical (unpaired) electrons. The van der Waals surface area contributed by atoms with Crippen LogP contribution in [0.2, 0.25) is 0 Å². The first kappa shape index (κ1) is 19.1. The van der Waals surface area contributed by atoms with Gasteiger partial charge in [-0.1, -0.05) is 18.2 Å². The monoisotopic (exact) mass is 405 g/mol. The summed E-state index contributed by atoms with van der Waals surface area (Å²) in [6, 6.07) is 8.46. The maximum atomic E-state index is 15.8. The van der Waals surface area contributed by atoms with E-state index < -0.39 is 41.0 Å². The fourth-order valence-electron chi connectivity index (χ4n) is 3.37. The summed E-state index contributed by atoms with van der Waals surface area (Å²) in [5.41, 5.74) is -3.22. The highest BCUT2D eigenvalue weighted by atomic mass is 19.3. The third-order valence-electron chi connectivity index (χ3n) is 4.85. The number of benzene rings is 2. The summed E-state index contributed by atoms with van der Waals surface area (Å²) in [7, 11) is 1.37. The fourth-order valence-corrected chi connectivity index (χ4v) is 3.37. The number of nitrogens with one attached hydrogen (secondary N) is 1. The van der Waals surface area contributed by atoms with E-state index in [-0.39, 0.29) is 11.3 Å². The first-order valence-electron chi connectivity index (χ1n) is 8.56. The van der Waals surface area contributed by atoms with Crippen molar-refractivity contribution in [3.05, 3.63) is 77.6 Å². The molecule has 1 atom stereocenters. The Morgan fingerprint density at radius 2 is 1.90 bits per heavy atom. The normalized spacial score (nSPS) is 14.3. The van der Waals surface area contributed by atoms with E-state index in [1.807, 2.05) is 0 Å². The molecule has 0 aliphatic rings. The van der Waals surface area contributed by atoms with Gasteiger partial charge in [-0.15, -0.1) is 0 Å². The smallest absolute Gasteiger partial charge is 0.337 e. The van der Waals surface area contributed by atoms with Gasteiger partial charge in [0.1, 0.15) is 23.8 Å². The Bertz CT molecular complexity index is 1170. The van der Waals surface area contributed by atoms with E-state index >= 15 is 8.78 Å². The van der Waals surface area contributed by atoms with Crippen LogP contribution in [0.1, 0.15) is 17.2 Å². The fraction of sp³-hybridized carbons (Fsp3) is 0.211. The van der Waals surface area contributed by atoms with Gasteiger partial charge in [-0.25, -0.2) is 18.7 Å². The van der Waals surface area contributed by atoms with E-state index in [1.54, 1.807) is 24.3 Å². The van der Waals surface area contributed by atoms with Crippen molar-refractivity contribution in [3.63, 3.8) is 0 Å². The number of imidazole rings is 1. The van der Waals surface area contributed by atoms with Gasteiger partial charge in [0.05, 0.1) is 11.0 Å². The second-order valence-electron chi connectivity index (χ2n) is 6.65. The largest absolute Gasteiger partial charge is 0.378 e. The Kier molecular flexibility index (Phi) is 4.38. The minimum atomic E-state index is -4.08. The Morgan fingerprint density at radius 1 is 1.14 bits per heavy atom. The zero-order valence-corrected chi connectivity index (χ0v) is 15.1. The molecule has 150 valence electrons. The lowest BCUT2D eigenvalue weighted by Gasteiger charge is -2.35. The molecule has 4 aromatic rings. The summed E-state index contributed by atoms with van der Waals surface area (Å²) in [5.74, 6) is -7.23. The molecule has 0 aliphatic carbocycles. The maximum absolute atomic E-state index is 15.8. The van der Waals surface area contributed by atoms with Gasteiger partial charge in [-0.05, 0) is 18.2 Å². The highest BCUT2D eigenvalue weighted by Gasteiger charge is 2.59. The van der Waals surface area contributed by atoms with E-state index in [2.05, 4.69) is 20.2 Å². The summed E-state index contributed by atoms with van der Waals surface area (Å²) in [4.78, 5) is 7.72. The molecule has 2 N–H and O–H groups in total. The number of rotatable bonds is 5. The van der Waals surface area contributed by atoms with Crippen LogP contribution in [0.15, 0.2) is 48.8 Å². The first-order valence-corrected chi connectivity index (χ1v) is 8.56. The van der Waals surface area contributed by atoms with Crippen molar-refractivity contribution in [1.82, 2.24) is 24.7 Å². The van der Waals surface area contributed by atoms with Crippen LogP contribution in [0.4, 0.5) is 17.6 Å². The molecule has 1 unspecified atom stereocenters. The van der Waals surface area contributed by atoms with Gasteiger partial charge in [0.25, 0.3) is 0 Å². The number of nitrogens with zero attached hydrogens (tertiary/aromatic N) is 4. The van der Waals surface area contributed by atoms with E-state index in [1.165, 1.54) is 7.05 Å². The lowest BCUT2D eigenvalue weighted by Crippen LogP contribution is -2.47. The van der Waals surface area contributed by atoms with E-state index in [0.717, 1.165) is 23.0 Å². The van der Waals surface area contributed by atoms with Gasteiger partial charge in [-0.2, -0.15) is 13.9 Å². The summed E-state index contributed by atoms with van der Waals surface area (Å²) >= 11 is 0. The van der Waals surface area contributed by atoms with Crippen LogP contribution in [0.3, 0.4) is 0 Å². The number of fused-ring (bicyclic) bond motifs is 1. The highest BCUT2D eigenvalue weighted by Crippen LogP contribution is 2.48. The molecular formula is C19H15F4N5O. The summed E-state index contributed by atoms with van der Waals surface area (Å²) in [6.07, 6.45) is 0.260. The lowest BCUT2D eigenvalue weighted by molar-refractivity contribution is -0.203. The van der Waals surface area contributed by atoms with Crippen LogP contribution < -0.4 is 0 Å². The first-order chi connectivity index (χ1) is 13.7.